The Kier molecular flexibility index (Phi) is 11.2. The van der Waals surface area contributed by atoms with Crippen LogP contribution >= 0.6 is 0 Å². The third-order valence-electron chi connectivity index (χ3n) is 6.06. The van der Waals surface area contributed by atoms with E-state index >= 15 is 0 Å². The zero-order chi connectivity index (χ0) is 28.4. The molecule has 0 saturated carbocycles. The van der Waals surface area contributed by atoms with Crippen molar-refractivity contribution in [2.24, 2.45) is 0 Å². The van der Waals surface area contributed by atoms with E-state index in [1.807, 2.05) is 62.5 Å². The van der Waals surface area contributed by atoms with Gasteiger partial charge in [0.2, 0.25) is 5.91 Å². The number of nitrogens with one attached hydrogen (secondary N) is 4. The number of amides is 1. The van der Waals surface area contributed by atoms with Crippen LogP contribution in [0.3, 0.4) is 0 Å². The first-order valence-corrected chi connectivity index (χ1v) is 13.6. The van der Waals surface area contributed by atoms with E-state index in [1.54, 1.807) is 0 Å². The molecule has 2 atom stereocenters. The summed E-state index contributed by atoms with van der Waals surface area (Å²) < 4.78 is 11.4. The van der Waals surface area contributed by atoms with Crippen LogP contribution < -0.4 is 25.4 Å². The Morgan fingerprint density at radius 3 is 2.31 bits per heavy atom. The fraction of sp³-hybridized carbons (Fsp3) is 0.500. The minimum absolute atomic E-state index is 0.0306. The third-order valence-corrected chi connectivity index (χ3v) is 6.06. The van der Waals surface area contributed by atoms with Crippen molar-refractivity contribution in [1.29, 1.82) is 0 Å². The molecule has 1 aliphatic rings. The van der Waals surface area contributed by atoms with Gasteiger partial charge in [0.05, 0.1) is 0 Å². The topological polar surface area (TPSA) is 128 Å². The van der Waals surface area contributed by atoms with E-state index < -0.39 is 12.2 Å². The van der Waals surface area contributed by atoms with Crippen molar-refractivity contribution in [3.05, 3.63) is 54.2 Å². The standard InChI is InChI=1S/C16H24N2O3.C14H20N2O2/c1-16(2,3)17-9-11(19)10-21-14-6-4-5-13-12(14)7-8-15(20)18-13;1-10(2)16-8-11(17)9-18-14-5-3-4-13-12(14)6-7-15-13/h4-6,11,17,19H,7-10H2,1-3H3,(H,18,20);3-7,10-11,15-17H,8-9H2,1-2H3. The van der Waals surface area contributed by atoms with Crippen LogP contribution in [-0.2, 0) is 11.2 Å². The lowest BCUT2D eigenvalue weighted by atomic mass is 10.0. The Morgan fingerprint density at radius 2 is 1.59 bits per heavy atom. The number of aromatic amines is 1. The van der Waals surface area contributed by atoms with Gasteiger partial charge in [-0.3, -0.25) is 4.79 Å². The van der Waals surface area contributed by atoms with Crippen molar-refractivity contribution in [3.63, 3.8) is 0 Å². The number of ether oxygens (including phenoxy) is 2. The molecule has 0 aliphatic carbocycles. The summed E-state index contributed by atoms with van der Waals surface area (Å²) in [6.45, 7) is 11.8. The highest BCUT2D eigenvalue weighted by Crippen LogP contribution is 2.31. The molecule has 0 bridgehead atoms. The second-order valence-corrected chi connectivity index (χ2v) is 11.1. The lowest BCUT2D eigenvalue weighted by Crippen LogP contribution is -2.42. The van der Waals surface area contributed by atoms with Gasteiger partial charge in [-0.1, -0.05) is 26.0 Å². The highest BCUT2D eigenvalue weighted by Gasteiger charge is 2.19. The van der Waals surface area contributed by atoms with Crippen LogP contribution in [0.4, 0.5) is 5.69 Å². The molecule has 0 radical (unpaired) electrons. The Morgan fingerprint density at radius 1 is 0.923 bits per heavy atom. The smallest absolute Gasteiger partial charge is 0.224 e. The Hall–Kier alpha value is -3.11. The number of H-pyrrole nitrogens is 1. The van der Waals surface area contributed by atoms with Gasteiger partial charge >= 0.3 is 0 Å². The summed E-state index contributed by atoms with van der Waals surface area (Å²) in [7, 11) is 0. The van der Waals surface area contributed by atoms with Crippen LogP contribution in [-0.4, -0.2) is 71.2 Å². The zero-order valence-electron chi connectivity index (χ0n) is 23.7. The average Bonchev–Trinajstić information content (AvgIpc) is 3.37. The maximum absolute atomic E-state index is 11.4. The summed E-state index contributed by atoms with van der Waals surface area (Å²) in [6.07, 6.45) is 1.96. The van der Waals surface area contributed by atoms with E-state index in [9.17, 15) is 15.0 Å². The molecule has 0 fully saturated rings. The molecule has 2 aromatic carbocycles. The van der Waals surface area contributed by atoms with Crippen LogP contribution in [0.5, 0.6) is 11.5 Å². The molecule has 1 amide bonds. The van der Waals surface area contributed by atoms with Crippen LogP contribution in [0.25, 0.3) is 10.9 Å². The van der Waals surface area contributed by atoms with Crippen molar-refractivity contribution < 1.29 is 24.5 Å². The average molecular weight is 541 g/mol. The van der Waals surface area contributed by atoms with Crippen LogP contribution in [0, 0.1) is 0 Å². The van der Waals surface area contributed by atoms with Crippen molar-refractivity contribution in [3.8, 4) is 11.5 Å². The second-order valence-electron chi connectivity index (χ2n) is 11.1. The number of aromatic nitrogens is 1. The summed E-state index contributed by atoms with van der Waals surface area (Å²) in [5, 5.41) is 30.0. The molecule has 2 unspecified atom stereocenters. The number of β-amino-alcohol motifs (C(OH)–C–C–N with tert-alkyl or cyclic N) is 1. The van der Waals surface area contributed by atoms with Crippen molar-refractivity contribution in [2.75, 3.05) is 31.6 Å². The molecule has 1 aliphatic heterocycles. The Balaban J connectivity index is 0.000000218. The van der Waals surface area contributed by atoms with Gasteiger partial charge in [-0.25, -0.2) is 0 Å². The minimum Gasteiger partial charge on any atom is -0.490 e. The minimum atomic E-state index is -0.571. The number of aliphatic hydroxyl groups is 2. The predicted molar refractivity (Wildman–Crippen MR) is 156 cm³/mol. The fourth-order valence-corrected chi connectivity index (χ4v) is 4.00. The van der Waals surface area contributed by atoms with Gasteiger partial charge in [-0.15, -0.1) is 0 Å². The van der Waals surface area contributed by atoms with Crippen LogP contribution in [0.1, 0.15) is 46.6 Å². The Bertz CT molecular complexity index is 1190. The largest absolute Gasteiger partial charge is 0.490 e. The van der Waals surface area contributed by atoms with Crippen molar-refractivity contribution >= 4 is 22.5 Å². The first kappa shape index (κ1) is 30.4. The monoisotopic (exact) mass is 540 g/mol. The molecule has 4 rings (SSSR count). The zero-order valence-corrected chi connectivity index (χ0v) is 23.7. The molecular formula is C30H44N4O5. The Labute approximate surface area is 231 Å². The SMILES string of the molecule is CC(C)(C)NCC(O)COc1cccc2c1CCC(=O)N2.CC(C)NCC(O)COc1cccc2[nH]ccc12. The number of anilines is 1. The van der Waals surface area contributed by atoms with Crippen molar-refractivity contribution in [2.45, 2.75) is 71.2 Å². The highest BCUT2D eigenvalue weighted by atomic mass is 16.5. The molecular weight excluding hydrogens is 496 g/mol. The first-order valence-electron chi connectivity index (χ1n) is 13.6. The summed E-state index contributed by atoms with van der Waals surface area (Å²) in [6, 6.07) is 13.8. The molecule has 0 spiro atoms. The number of carbonyl (C=O) groups is 1. The molecule has 9 nitrogen and oxygen atoms in total. The lowest BCUT2D eigenvalue weighted by Gasteiger charge is -2.24. The number of rotatable bonds is 11. The van der Waals surface area contributed by atoms with E-state index in [1.165, 1.54) is 0 Å². The maximum Gasteiger partial charge on any atom is 0.224 e. The fourth-order valence-electron chi connectivity index (χ4n) is 4.00. The molecule has 6 N–H and O–H groups in total. The van der Waals surface area contributed by atoms with E-state index in [0.717, 1.165) is 33.7 Å². The third kappa shape index (κ3) is 10.2. The second kappa shape index (κ2) is 14.3. The van der Waals surface area contributed by atoms with Crippen molar-refractivity contribution in [1.82, 2.24) is 15.6 Å². The quantitative estimate of drug-likeness (QED) is 0.219. The van der Waals surface area contributed by atoms with Gasteiger partial charge in [0.25, 0.3) is 0 Å². The van der Waals surface area contributed by atoms with Gasteiger partial charge in [-0.05, 0) is 57.5 Å². The first-order chi connectivity index (χ1) is 18.5. The number of aliphatic hydroxyl groups excluding tert-OH is 2. The van der Waals surface area contributed by atoms with Crippen LogP contribution in [0.2, 0.25) is 0 Å². The molecule has 3 aromatic rings. The molecule has 0 saturated heterocycles. The molecule has 2 heterocycles. The van der Waals surface area contributed by atoms with Gasteiger partial charge in [0.1, 0.15) is 36.9 Å². The van der Waals surface area contributed by atoms with Gasteiger partial charge in [0, 0.05) is 59.4 Å². The molecule has 214 valence electrons. The molecule has 39 heavy (non-hydrogen) atoms. The number of hydrogen-bond acceptors (Lipinski definition) is 7. The van der Waals surface area contributed by atoms with Gasteiger partial charge in [-0.2, -0.15) is 0 Å². The normalized spacial score (nSPS) is 14.7. The summed E-state index contributed by atoms with van der Waals surface area (Å²) in [5.74, 6) is 1.58. The van der Waals surface area contributed by atoms with E-state index in [-0.39, 0.29) is 18.1 Å². The number of fused-ring (bicyclic) bond motifs is 2. The summed E-state index contributed by atoms with van der Waals surface area (Å²) in [5.41, 5.74) is 2.83. The molecule has 9 heteroatoms. The highest BCUT2D eigenvalue weighted by molar-refractivity contribution is 5.94. The van der Waals surface area contributed by atoms with E-state index in [0.29, 0.717) is 38.6 Å². The number of hydrogen-bond donors (Lipinski definition) is 6. The number of benzene rings is 2. The number of carbonyl (C=O) groups excluding carboxylic acids is 1. The predicted octanol–water partition coefficient (Wildman–Crippen LogP) is 3.60. The summed E-state index contributed by atoms with van der Waals surface area (Å²) >= 11 is 0. The summed E-state index contributed by atoms with van der Waals surface area (Å²) in [4.78, 5) is 14.5. The van der Waals surface area contributed by atoms with Crippen LogP contribution in [0.15, 0.2) is 48.7 Å². The van der Waals surface area contributed by atoms with E-state index in [4.69, 9.17) is 9.47 Å². The molecule has 1 aromatic heterocycles. The lowest BCUT2D eigenvalue weighted by molar-refractivity contribution is -0.116. The van der Waals surface area contributed by atoms with E-state index in [2.05, 4.69) is 41.7 Å². The maximum atomic E-state index is 11.4. The van der Waals surface area contributed by atoms with Gasteiger partial charge < -0.3 is 40.6 Å². The van der Waals surface area contributed by atoms with Gasteiger partial charge in [0.15, 0.2) is 0 Å².